The van der Waals surface area contributed by atoms with Crippen molar-refractivity contribution in [3.05, 3.63) is 29.6 Å². The lowest BCUT2D eigenvalue weighted by Gasteiger charge is -2.29. The Bertz CT molecular complexity index is 529. The molecule has 2 aliphatic heterocycles. The number of nitrogens with zero attached hydrogens (tertiary/aromatic N) is 1. The molecule has 2 N–H and O–H groups in total. The van der Waals surface area contributed by atoms with Crippen LogP contribution in [-0.2, 0) is 4.79 Å². The van der Waals surface area contributed by atoms with Gasteiger partial charge in [-0.3, -0.25) is 4.79 Å². The van der Waals surface area contributed by atoms with E-state index in [1.807, 2.05) is 12.1 Å². The van der Waals surface area contributed by atoms with E-state index in [0.29, 0.717) is 18.7 Å². The number of anilines is 1. The van der Waals surface area contributed by atoms with Crippen LogP contribution in [0.3, 0.4) is 0 Å². The second-order valence-electron chi connectivity index (χ2n) is 5.99. The van der Waals surface area contributed by atoms with E-state index in [9.17, 15) is 9.18 Å². The first-order chi connectivity index (χ1) is 10.1. The Labute approximate surface area is 124 Å². The summed E-state index contributed by atoms with van der Waals surface area (Å²) in [6.45, 7) is 2.29. The summed E-state index contributed by atoms with van der Waals surface area (Å²) in [6.07, 6.45) is 3.98. The molecule has 0 aromatic heterocycles. The van der Waals surface area contributed by atoms with Gasteiger partial charge in [0.1, 0.15) is 5.82 Å². The zero-order chi connectivity index (χ0) is 14.8. The van der Waals surface area contributed by atoms with Gasteiger partial charge in [-0.1, -0.05) is 6.07 Å². The summed E-state index contributed by atoms with van der Waals surface area (Å²) >= 11 is 0. The second-order valence-corrected chi connectivity index (χ2v) is 5.99. The molecular weight excluding hydrogens is 271 g/mol. The molecule has 2 aliphatic rings. The van der Waals surface area contributed by atoms with Gasteiger partial charge >= 0.3 is 5.97 Å². The van der Waals surface area contributed by atoms with Crippen molar-refractivity contribution in [3.63, 3.8) is 0 Å². The Morgan fingerprint density at radius 1 is 1.29 bits per heavy atom. The van der Waals surface area contributed by atoms with Crippen LogP contribution in [0.1, 0.15) is 37.3 Å². The maximum absolute atomic E-state index is 14.4. The fourth-order valence-corrected chi connectivity index (χ4v) is 3.31. The minimum atomic E-state index is -0.782. The molecular formula is C16H21FN2O2. The summed E-state index contributed by atoms with van der Waals surface area (Å²) < 4.78 is 14.4. The molecule has 5 heteroatoms. The molecule has 2 heterocycles. The molecule has 2 saturated heterocycles. The Balaban J connectivity index is 1.73. The van der Waals surface area contributed by atoms with Crippen LogP contribution >= 0.6 is 0 Å². The van der Waals surface area contributed by atoms with Crippen LogP contribution < -0.4 is 10.2 Å². The van der Waals surface area contributed by atoms with Gasteiger partial charge in [0.25, 0.3) is 0 Å². The van der Waals surface area contributed by atoms with Gasteiger partial charge in [0.15, 0.2) is 0 Å². The van der Waals surface area contributed by atoms with Crippen molar-refractivity contribution < 1.29 is 14.3 Å². The summed E-state index contributed by atoms with van der Waals surface area (Å²) in [7, 11) is 0. The summed E-state index contributed by atoms with van der Waals surface area (Å²) in [5.41, 5.74) is 1.52. The number of rotatable bonds is 3. The standard InChI is InChI=1S/C16H21FN2O2/c17-13-8-11(14-9-12(10-18-14)16(20)21)4-5-15(13)19-6-2-1-3-7-19/h4-5,8,12,14,18H,1-3,6-7,9-10H2,(H,20,21). The summed E-state index contributed by atoms with van der Waals surface area (Å²) in [6, 6.07) is 5.27. The van der Waals surface area contributed by atoms with E-state index in [1.54, 1.807) is 6.07 Å². The van der Waals surface area contributed by atoms with Crippen LogP contribution in [0.5, 0.6) is 0 Å². The van der Waals surface area contributed by atoms with E-state index >= 15 is 0 Å². The van der Waals surface area contributed by atoms with Crippen molar-refractivity contribution in [2.24, 2.45) is 5.92 Å². The number of carbonyl (C=O) groups is 1. The molecule has 21 heavy (non-hydrogen) atoms. The quantitative estimate of drug-likeness (QED) is 0.899. The fourth-order valence-electron chi connectivity index (χ4n) is 3.31. The fraction of sp³-hybridized carbons (Fsp3) is 0.562. The van der Waals surface area contributed by atoms with Gasteiger partial charge in [0.2, 0.25) is 0 Å². The monoisotopic (exact) mass is 292 g/mol. The lowest BCUT2D eigenvalue weighted by atomic mass is 9.99. The predicted molar refractivity (Wildman–Crippen MR) is 79.0 cm³/mol. The molecule has 0 spiro atoms. The molecule has 2 unspecified atom stereocenters. The van der Waals surface area contributed by atoms with Crippen LogP contribution in [0, 0.1) is 11.7 Å². The molecule has 2 atom stereocenters. The first-order valence-corrected chi connectivity index (χ1v) is 7.66. The maximum atomic E-state index is 14.4. The summed E-state index contributed by atoms with van der Waals surface area (Å²) in [5, 5.41) is 12.2. The Hall–Kier alpha value is -1.62. The molecule has 3 rings (SSSR count). The molecule has 4 nitrogen and oxygen atoms in total. The summed E-state index contributed by atoms with van der Waals surface area (Å²) in [4.78, 5) is 13.1. The first kappa shape index (κ1) is 14.3. The Morgan fingerprint density at radius 3 is 2.67 bits per heavy atom. The number of halogens is 1. The number of benzene rings is 1. The SMILES string of the molecule is O=C(O)C1CNC(c2ccc(N3CCCCC3)c(F)c2)C1. The van der Waals surface area contributed by atoms with Gasteiger partial charge in [0.05, 0.1) is 11.6 Å². The number of carboxylic acid groups (broad SMARTS) is 1. The lowest BCUT2D eigenvalue weighted by Crippen LogP contribution is -2.30. The maximum Gasteiger partial charge on any atom is 0.307 e. The molecule has 2 fully saturated rings. The van der Waals surface area contributed by atoms with Crippen molar-refractivity contribution >= 4 is 11.7 Å². The zero-order valence-corrected chi connectivity index (χ0v) is 12.0. The third-order valence-corrected chi connectivity index (χ3v) is 4.55. The number of carboxylic acids is 1. The topological polar surface area (TPSA) is 52.6 Å². The minimum Gasteiger partial charge on any atom is -0.481 e. The normalized spacial score (nSPS) is 26.0. The third kappa shape index (κ3) is 3.02. The molecule has 0 bridgehead atoms. The third-order valence-electron chi connectivity index (χ3n) is 4.55. The molecule has 0 aliphatic carbocycles. The average molecular weight is 292 g/mol. The minimum absolute atomic E-state index is 0.0593. The molecule has 114 valence electrons. The van der Waals surface area contributed by atoms with Gasteiger partial charge in [-0.25, -0.2) is 4.39 Å². The highest BCUT2D eigenvalue weighted by Crippen LogP contribution is 2.31. The van der Waals surface area contributed by atoms with Gasteiger partial charge in [-0.2, -0.15) is 0 Å². The largest absolute Gasteiger partial charge is 0.481 e. The van der Waals surface area contributed by atoms with E-state index in [-0.39, 0.29) is 17.8 Å². The number of hydrogen-bond acceptors (Lipinski definition) is 3. The van der Waals surface area contributed by atoms with Crippen molar-refractivity contribution in [2.45, 2.75) is 31.7 Å². The van der Waals surface area contributed by atoms with E-state index < -0.39 is 5.97 Å². The zero-order valence-electron chi connectivity index (χ0n) is 12.0. The van der Waals surface area contributed by atoms with Gasteiger partial charge in [0, 0.05) is 25.7 Å². The highest BCUT2D eigenvalue weighted by atomic mass is 19.1. The number of hydrogen-bond donors (Lipinski definition) is 2. The number of nitrogens with one attached hydrogen (secondary N) is 1. The predicted octanol–water partition coefficient (Wildman–Crippen LogP) is 2.55. The second kappa shape index (κ2) is 6.02. The van der Waals surface area contributed by atoms with Crippen LogP contribution in [0.4, 0.5) is 10.1 Å². The molecule has 1 aromatic rings. The van der Waals surface area contributed by atoms with Crippen LogP contribution in [0.15, 0.2) is 18.2 Å². The average Bonchev–Trinajstić information content (AvgIpc) is 2.98. The van der Waals surface area contributed by atoms with Crippen LogP contribution in [0.2, 0.25) is 0 Å². The highest BCUT2D eigenvalue weighted by molar-refractivity contribution is 5.70. The Morgan fingerprint density at radius 2 is 2.05 bits per heavy atom. The van der Waals surface area contributed by atoms with E-state index in [1.165, 1.54) is 6.42 Å². The van der Waals surface area contributed by atoms with Crippen LogP contribution in [0.25, 0.3) is 0 Å². The number of piperidine rings is 1. The molecule has 0 amide bonds. The van der Waals surface area contributed by atoms with Crippen molar-refractivity contribution in [3.8, 4) is 0 Å². The van der Waals surface area contributed by atoms with Gasteiger partial charge in [-0.15, -0.1) is 0 Å². The molecule has 0 saturated carbocycles. The Kier molecular flexibility index (Phi) is 4.10. The van der Waals surface area contributed by atoms with Crippen molar-refractivity contribution in [1.82, 2.24) is 5.32 Å². The first-order valence-electron chi connectivity index (χ1n) is 7.66. The van der Waals surface area contributed by atoms with Crippen molar-refractivity contribution in [1.29, 1.82) is 0 Å². The van der Waals surface area contributed by atoms with Crippen LogP contribution in [-0.4, -0.2) is 30.7 Å². The number of aliphatic carboxylic acids is 1. The highest BCUT2D eigenvalue weighted by Gasteiger charge is 2.30. The van der Waals surface area contributed by atoms with Gasteiger partial charge < -0.3 is 15.3 Å². The molecule has 0 radical (unpaired) electrons. The van der Waals surface area contributed by atoms with E-state index in [2.05, 4.69) is 10.2 Å². The van der Waals surface area contributed by atoms with E-state index in [0.717, 1.165) is 31.5 Å². The molecule has 1 aromatic carbocycles. The van der Waals surface area contributed by atoms with Gasteiger partial charge in [-0.05, 0) is 43.4 Å². The smallest absolute Gasteiger partial charge is 0.307 e. The van der Waals surface area contributed by atoms with Crippen molar-refractivity contribution in [2.75, 3.05) is 24.5 Å². The summed E-state index contributed by atoms with van der Waals surface area (Å²) in [5.74, 6) is -1.36. The lowest BCUT2D eigenvalue weighted by molar-refractivity contribution is -0.141. The van der Waals surface area contributed by atoms with E-state index in [4.69, 9.17) is 5.11 Å².